The third-order valence-corrected chi connectivity index (χ3v) is 2.58. The maximum absolute atomic E-state index is 12.8. The first-order valence-corrected chi connectivity index (χ1v) is 6.52. The van der Waals surface area contributed by atoms with Gasteiger partial charge in [-0.3, -0.25) is 4.79 Å². The first-order chi connectivity index (χ1) is 10.3. The fourth-order valence-electron chi connectivity index (χ4n) is 1.54. The number of esters is 1. The summed E-state index contributed by atoms with van der Waals surface area (Å²) in [5.74, 6) is -1.05. The van der Waals surface area contributed by atoms with E-state index in [2.05, 4.69) is 4.74 Å². The van der Waals surface area contributed by atoms with E-state index in [0.29, 0.717) is 5.56 Å². The molecular weight excluding hydrogens is 303 g/mol. The van der Waals surface area contributed by atoms with Crippen molar-refractivity contribution in [3.63, 3.8) is 0 Å². The third kappa shape index (κ3) is 6.47. The number of carbonyl (C=O) groups is 2. The van der Waals surface area contributed by atoms with E-state index >= 15 is 0 Å². The van der Waals surface area contributed by atoms with Crippen LogP contribution in [0.4, 0.5) is 18.0 Å². The van der Waals surface area contributed by atoms with Gasteiger partial charge in [0.05, 0.1) is 13.0 Å². The Morgan fingerprint density at radius 3 is 2.36 bits per heavy atom. The molecule has 0 saturated heterocycles. The molecule has 1 aromatic carbocycles. The minimum atomic E-state index is -4.78. The molecule has 5 nitrogen and oxygen atoms in total. The van der Waals surface area contributed by atoms with E-state index in [4.69, 9.17) is 4.74 Å². The smallest absolute Gasteiger partial charge is 0.409 e. The zero-order valence-electron chi connectivity index (χ0n) is 11.9. The number of carbonyl (C=O) groups excluding carboxylic acids is 2. The van der Waals surface area contributed by atoms with Crippen LogP contribution in [0.3, 0.4) is 0 Å². The van der Waals surface area contributed by atoms with Crippen molar-refractivity contribution >= 4 is 12.1 Å². The fourth-order valence-corrected chi connectivity index (χ4v) is 1.54. The molecule has 0 heterocycles. The Bertz CT molecular complexity index is 491. The second-order valence-corrected chi connectivity index (χ2v) is 4.31. The van der Waals surface area contributed by atoms with Crippen LogP contribution in [0.1, 0.15) is 18.9 Å². The highest BCUT2D eigenvalue weighted by molar-refractivity contribution is 5.73. The Balaban J connectivity index is 2.54. The van der Waals surface area contributed by atoms with E-state index in [1.807, 2.05) is 0 Å². The molecule has 1 amide bonds. The van der Waals surface area contributed by atoms with Crippen LogP contribution in [-0.4, -0.2) is 30.9 Å². The van der Waals surface area contributed by atoms with Crippen molar-refractivity contribution in [1.82, 2.24) is 5.32 Å². The van der Waals surface area contributed by atoms with Gasteiger partial charge in [0.2, 0.25) is 0 Å². The number of alkyl halides is 3. The van der Waals surface area contributed by atoms with Crippen molar-refractivity contribution in [3.8, 4) is 0 Å². The molecule has 1 atom stereocenters. The maximum atomic E-state index is 12.8. The Labute approximate surface area is 125 Å². The van der Waals surface area contributed by atoms with Crippen LogP contribution in [-0.2, 0) is 20.9 Å². The lowest BCUT2D eigenvalue weighted by atomic mass is 10.2. The van der Waals surface area contributed by atoms with Crippen LogP contribution in [0.5, 0.6) is 0 Å². The first kappa shape index (κ1) is 17.8. The molecule has 0 saturated carbocycles. The normalized spacial score (nSPS) is 12.4. The minimum absolute atomic E-state index is 0.0398. The van der Waals surface area contributed by atoms with E-state index in [9.17, 15) is 22.8 Å². The molecule has 1 N–H and O–H groups in total. The summed E-state index contributed by atoms with van der Waals surface area (Å²) in [7, 11) is 0. The summed E-state index contributed by atoms with van der Waals surface area (Å²) in [5, 5.41) is 1.63. The highest BCUT2D eigenvalue weighted by atomic mass is 19.4. The number of nitrogens with one attached hydrogen (secondary N) is 1. The lowest BCUT2D eigenvalue weighted by molar-refractivity contribution is -0.168. The number of amides is 1. The molecule has 22 heavy (non-hydrogen) atoms. The second-order valence-electron chi connectivity index (χ2n) is 4.31. The van der Waals surface area contributed by atoms with Gasteiger partial charge < -0.3 is 14.8 Å². The number of rotatable bonds is 6. The molecule has 0 unspecified atom stereocenters. The van der Waals surface area contributed by atoms with Gasteiger partial charge in [0.1, 0.15) is 12.6 Å². The number of hydrogen-bond donors (Lipinski definition) is 1. The van der Waals surface area contributed by atoms with Crippen LogP contribution in [0, 0.1) is 0 Å². The van der Waals surface area contributed by atoms with Crippen molar-refractivity contribution in [3.05, 3.63) is 35.9 Å². The third-order valence-electron chi connectivity index (χ3n) is 2.58. The lowest BCUT2D eigenvalue weighted by Gasteiger charge is -2.20. The molecule has 122 valence electrons. The van der Waals surface area contributed by atoms with Gasteiger partial charge in [-0.1, -0.05) is 30.3 Å². The first-order valence-electron chi connectivity index (χ1n) is 6.52. The summed E-state index contributed by atoms with van der Waals surface area (Å²) >= 11 is 0. The summed E-state index contributed by atoms with van der Waals surface area (Å²) in [6, 6.07) is 6.13. The van der Waals surface area contributed by atoms with Crippen molar-refractivity contribution in [2.75, 3.05) is 6.61 Å². The Kier molecular flexibility index (Phi) is 6.68. The topological polar surface area (TPSA) is 64.6 Å². The predicted octanol–water partition coefficient (Wildman–Crippen LogP) is 2.80. The zero-order chi connectivity index (χ0) is 16.6. The van der Waals surface area contributed by atoms with Gasteiger partial charge in [-0.25, -0.2) is 4.79 Å². The standard InChI is InChI=1S/C14H16F3NO4/c1-2-21-12(19)8-11(14(15,16)17)18-13(20)22-9-10-6-4-3-5-7-10/h3-7,11H,2,8-9H2,1H3,(H,18,20)/t11-/m1/s1. The molecule has 0 aliphatic rings. The summed E-state index contributed by atoms with van der Waals surface area (Å²) in [6.07, 6.45) is -7.04. The molecule has 0 aliphatic heterocycles. The van der Waals surface area contributed by atoms with E-state index in [1.165, 1.54) is 6.92 Å². The van der Waals surface area contributed by atoms with Crippen LogP contribution in [0.2, 0.25) is 0 Å². The maximum Gasteiger partial charge on any atom is 0.409 e. The SMILES string of the molecule is CCOC(=O)C[C@@H](NC(=O)OCc1ccccc1)C(F)(F)F. The average Bonchev–Trinajstić information content (AvgIpc) is 2.45. The molecule has 0 bridgehead atoms. The molecular formula is C14H16F3NO4. The molecule has 1 aromatic rings. The monoisotopic (exact) mass is 319 g/mol. The highest BCUT2D eigenvalue weighted by Gasteiger charge is 2.42. The van der Waals surface area contributed by atoms with Gasteiger partial charge in [-0.2, -0.15) is 13.2 Å². The average molecular weight is 319 g/mol. The lowest BCUT2D eigenvalue weighted by Crippen LogP contribution is -2.47. The summed E-state index contributed by atoms with van der Waals surface area (Å²) < 4.78 is 47.4. The Morgan fingerprint density at radius 1 is 1.18 bits per heavy atom. The van der Waals surface area contributed by atoms with Crippen LogP contribution < -0.4 is 5.32 Å². The van der Waals surface area contributed by atoms with Gasteiger partial charge in [-0.15, -0.1) is 0 Å². The predicted molar refractivity (Wildman–Crippen MR) is 70.9 cm³/mol. The van der Waals surface area contributed by atoms with Crippen LogP contribution in [0.15, 0.2) is 30.3 Å². The number of hydrogen-bond acceptors (Lipinski definition) is 4. The molecule has 0 radical (unpaired) electrons. The van der Waals surface area contributed by atoms with Crippen molar-refractivity contribution in [2.45, 2.75) is 32.2 Å². The van der Waals surface area contributed by atoms with Gasteiger partial charge in [-0.05, 0) is 12.5 Å². The fraction of sp³-hybridized carbons (Fsp3) is 0.429. The summed E-state index contributed by atoms with van der Waals surface area (Å²) in [5.41, 5.74) is 0.631. The summed E-state index contributed by atoms with van der Waals surface area (Å²) in [4.78, 5) is 22.6. The Hall–Kier alpha value is -2.25. The number of halogens is 3. The number of ether oxygens (including phenoxy) is 2. The van der Waals surface area contributed by atoms with E-state index in [1.54, 1.807) is 35.6 Å². The number of alkyl carbamates (subject to hydrolysis) is 1. The van der Waals surface area contributed by atoms with E-state index < -0.39 is 30.7 Å². The van der Waals surface area contributed by atoms with Gasteiger partial charge in [0, 0.05) is 0 Å². The van der Waals surface area contributed by atoms with Gasteiger partial charge in [0.25, 0.3) is 0 Å². The molecule has 0 aliphatic carbocycles. The quantitative estimate of drug-likeness (QED) is 0.819. The Morgan fingerprint density at radius 2 is 1.82 bits per heavy atom. The molecule has 0 spiro atoms. The van der Waals surface area contributed by atoms with Crippen molar-refractivity contribution < 1.29 is 32.2 Å². The van der Waals surface area contributed by atoms with Crippen LogP contribution in [0.25, 0.3) is 0 Å². The molecule has 1 rings (SSSR count). The second kappa shape index (κ2) is 8.26. The van der Waals surface area contributed by atoms with Gasteiger partial charge in [0.15, 0.2) is 0 Å². The molecule has 0 fully saturated rings. The molecule has 8 heteroatoms. The van der Waals surface area contributed by atoms with Crippen LogP contribution >= 0.6 is 0 Å². The van der Waals surface area contributed by atoms with Gasteiger partial charge >= 0.3 is 18.2 Å². The zero-order valence-corrected chi connectivity index (χ0v) is 11.9. The number of benzene rings is 1. The largest absolute Gasteiger partial charge is 0.466 e. The summed E-state index contributed by atoms with van der Waals surface area (Å²) in [6.45, 7) is 1.26. The minimum Gasteiger partial charge on any atom is -0.466 e. The van der Waals surface area contributed by atoms with Crippen molar-refractivity contribution in [2.24, 2.45) is 0 Å². The van der Waals surface area contributed by atoms with E-state index in [0.717, 1.165) is 0 Å². The highest BCUT2D eigenvalue weighted by Crippen LogP contribution is 2.23. The van der Waals surface area contributed by atoms with Crippen molar-refractivity contribution in [1.29, 1.82) is 0 Å². The molecule has 0 aromatic heterocycles. The van der Waals surface area contributed by atoms with E-state index in [-0.39, 0.29) is 13.2 Å².